The van der Waals surface area contributed by atoms with E-state index in [4.69, 9.17) is 10.1 Å². The number of carbonyl (C=O) groups is 1. The Morgan fingerprint density at radius 1 is 1.24 bits per heavy atom. The highest BCUT2D eigenvalue weighted by Gasteiger charge is 2.10. The Kier molecular flexibility index (Phi) is 6.00. The molecule has 0 aliphatic carbocycles. The molecule has 0 aliphatic rings. The molecule has 2 rings (SSSR count). The lowest BCUT2D eigenvalue weighted by atomic mass is 9.97. The molecule has 0 amide bonds. The monoisotopic (exact) mass is 291 g/mol. The van der Waals surface area contributed by atoms with E-state index in [1.807, 2.05) is 18.2 Å². The molecular weight excluding hydrogens is 277 g/mol. The summed E-state index contributed by atoms with van der Waals surface area (Å²) in [7, 11) is 0. The van der Waals surface area contributed by atoms with Crippen molar-refractivity contribution in [1.29, 1.82) is 0 Å². The average Bonchev–Trinajstić information content (AvgIpc) is 2.48. The van der Waals surface area contributed by atoms with Crippen molar-refractivity contribution in [1.82, 2.24) is 0 Å². The first-order chi connectivity index (χ1) is 10.0. The van der Waals surface area contributed by atoms with Crippen LogP contribution in [0.1, 0.15) is 18.4 Å². The minimum atomic E-state index is -1.21. The number of hydrogen-bond acceptors (Lipinski definition) is 3. The fraction of sp³-hybridized carbons (Fsp3) is 0.133. The van der Waals surface area contributed by atoms with Crippen molar-refractivity contribution < 1.29 is 24.8 Å². The molecule has 0 heterocycles. The first-order valence-electron chi connectivity index (χ1n) is 6.08. The zero-order valence-corrected chi connectivity index (χ0v) is 11.2. The van der Waals surface area contributed by atoms with Gasteiger partial charge in [-0.2, -0.15) is 0 Å². The first kappa shape index (κ1) is 16.3. The zero-order chi connectivity index (χ0) is 15.8. The lowest BCUT2D eigenvalue weighted by Gasteiger charge is -2.14. The van der Waals surface area contributed by atoms with Gasteiger partial charge in [-0.3, -0.25) is 0 Å². The molecule has 0 fully saturated rings. The Labute approximate surface area is 120 Å². The van der Waals surface area contributed by atoms with Crippen LogP contribution in [0.15, 0.2) is 48.5 Å². The average molecular weight is 291 g/mol. The number of aliphatic carboxylic acids is 1. The number of carboxylic acids is 1. The first-order valence-corrected chi connectivity index (χ1v) is 6.08. The Bertz CT molecular complexity index is 616. The summed E-state index contributed by atoms with van der Waals surface area (Å²) in [5.41, 5.74) is 1.64. The van der Waals surface area contributed by atoms with Gasteiger partial charge in [0.2, 0.25) is 0 Å². The predicted octanol–water partition coefficient (Wildman–Crippen LogP) is 0.569. The van der Waals surface area contributed by atoms with Crippen molar-refractivity contribution in [3.05, 3.63) is 64.8 Å². The fourth-order valence-corrected chi connectivity index (χ4v) is 1.79. The third-order valence-corrected chi connectivity index (χ3v) is 2.93. The second kappa shape index (κ2) is 7.74. The van der Waals surface area contributed by atoms with Gasteiger partial charge in [-0.05, 0) is 17.2 Å². The number of hydrogen-bond donors (Lipinski definition) is 2. The van der Waals surface area contributed by atoms with E-state index in [9.17, 15) is 14.3 Å². The van der Waals surface area contributed by atoms with E-state index in [1.165, 1.54) is 13.0 Å². The maximum atomic E-state index is 13.9. The molecule has 0 radical (unpaired) electrons. The van der Waals surface area contributed by atoms with Gasteiger partial charge in [0.05, 0.1) is 4.91 Å². The lowest BCUT2D eigenvalue weighted by Crippen LogP contribution is -2.58. The molecule has 21 heavy (non-hydrogen) atoms. The lowest BCUT2D eigenvalue weighted by molar-refractivity contribution is -0.755. The van der Waals surface area contributed by atoms with E-state index in [-0.39, 0.29) is 0 Å². The van der Waals surface area contributed by atoms with Crippen molar-refractivity contribution in [2.24, 2.45) is 0 Å². The van der Waals surface area contributed by atoms with Crippen molar-refractivity contribution in [2.45, 2.75) is 12.8 Å². The van der Waals surface area contributed by atoms with Crippen molar-refractivity contribution in [3.63, 3.8) is 0 Å². The SMILES string of the molecule is C[C@@H](C(=O)[O-])c1ccc(-c2ccccc2)c(F)c1.O=[NH+]O. The fourth-order valence-electron chi connectivity index (χ4n) is 1.79. The summed E-state index contributed by atoms with van der Waals surface area (Å²) < 4.78 is 13.9. The van der Waals surface area contributed by atoms with Gasteiger partial charge in [-0.25, -0.2) is 9.60 Å². The second-order valence-electron chi connectivity index (χ2n) is 4.24. The van der Waals surface area contributed by atoms with Gasteiger partial charge in [0, 0.05) is 17.5 Å². The van der Waals surface area contributed by atoms with Gasteiger partial charge >= 0.3 is 0 Å². The number of nitrogens with one attached hydrogen (secondary N) is 1. The summed E-state index contributed by atoms with van der Waals surface area (Å²) in [6.45, 7) is 1.48. The number of carbonyl (C=O) groups excluding carboxylic acids is 1. The molecule has 0 saturated carbocycles. The summed E-state index contributed by atoms with van der Waals surface area (Å²) in [4.78, 5) is 19.0. The van der Waals surface area contributed by atoms with Crippen LogP contribution >= 0.6 is 0 Å². The third-order valence-electron chi connectivity index (χ3n) is 2.93. The molecule has 0 bridgehead atoms. The van der Waals surface area contributed by atoms with Crippen LogP contribution in [0.2, 0.25) is 0 Å². The van der Waals surface area contributed by atoms with Crippen LogP contribution < -0.4 is 10.4 Å². The van der Waals surface area contributed by atoms with Gasteiger partial charge in [0.15, 0.2) is 5.34 Å². The van der Waals surface area contributed by atoms with Crippen LogP contribution in [0.5, 0.6) is 0 Å². The minimum Gasteiger partial charge on any atom is -0.550 e. The van der Waals surface area contributed by atoms with Crippen LogP contribution in [-0.2, 0) is 4.79 Å². The Balaban J connectivity index is 0.000000677. The van der Waals surface area contributed by atoms with Gasteiger partial charge in [-0.15, -0.1) is 0 Å². The molecule has 6 heteroatoms. The number of halogens is 1. The standard InChI is InChI=1S/C15H13FO2.HNO2/c1-10(15(17)18)12-7-8-13(14(16)9-12)11-5-3-2-4-6-11;2-1-3/h2-10H,1H3,(H,17,18);1H/t10-;/m1./s1. The summed E-state index contributed by atoms with van der Waals surface area (Å²) in [5.74, 6) is -2.45. The molecule has 1 atom stereocenters. The highest BCUT2D eigenvalue weighted by atomic mass is 19.1. The minimum absolute atomic E-state index is 0.409. The highest BCUT2D eigenvalue weighted by molar-refractivity contribution is 5.74. The molecule has 0 aromatic heterocycles. The van der Waals surface area contributed by atoms with Gasteiger partial charge in [0.25, 0.3) is 0 Å². The molecular formula is C15H14FNO4. The number of carboxylic acid groups (broad SMARTS) is 1. The van der Waals surface area contributed by atoms with Crippen molar-refractivity contribution >= 4 is 5.97 Å². The molecule has 0 aliphatic heterocycles. The molecule has 0 spiro atoms. The molecule has 0 unspecified atom stereocenters. The van der Waals surface area contributed by atoms with Crippen molar-refractivity contribution in [2.75, 3.05) is 0 Å². The van der Waals surface area contributed by atoms with E-state index in [0.29, 0.717) is 16.5 Å². The summed E-state index contributed by atoms with van der Waals surface area (Å²) >= 11 is 0. The van der Waals surface area contributed by atoms with Crippen LogP contribution in [-0.4, -0.2) is 11.2 Å². The normalized spacial score (nSPS) is 11.0. The Morgan fingerprint density at radius 2 is 1.81 bits per heavy atom. The van der Waals surface area contributed by atoms with Gasteiger partial charge in [-0.1, -0.05) is 49.4 Å². The van der Waals surface area contributed by atoms with E-state index in [2.05, 4.69) is 0 Å². The molecule has 2 aromatic carbocycles. The highest BCUT2D eigenvalue weighted by Crippen LogP contribution is 2.25. The molecule has 2 aromatic rings. The van der Waals surface area contributed by atoms with E-state index < -0.39 is 17.7 Å². The molecule has 0 saturated heterocycles. The second-order valence-corrected chi connectivity index (χ2v) is 4.24. The molecule has 110 valence electrons. The van der Waals surface area contributed by atoms with Crippen LogP contribution in [0.3, 0.4) is 0 Å². The quantitative estimate of drug-likeness (QED) is 0.809. The van der Waals surface area contributed by atoms with Crippen LogP contribution in [0.4, 0.5) is 4.39 Å². The Hall–Kier alpha value is -2.76. The maximum absolute atomic E-state index is 13.9. The van der Waals surface area contributed by atoms with Gasteiger partial charge < -0.3 is 9.90 Å². The summed E-state index contributed by atoms with van der Waals surface area (Å²) in [6, 6.07) is 13.6. The molecule has 2 N–H and O–H groups in total. The third kappa shape index (κ3) is 4.38. The largest absolute Gasteiger partial charge is 0.550 e. The molecule has 5 nitrogen and oxygen atoms in total. The van der Waals surface area contributed by atoms with Gasteiger partial charge in [0.1, 0.15) is 5.82 Å². The van der Waals surface area contributed by atoms with Crippen molar-refractivity contribution in [3.8, 4) is 11.1 Å². The number of rotatable bonds is 3. The summed E-state index contributed by atoms with van der Waals surface area (Å²) in [5, 5.41) is 18.0. The topological polar surface area (TPSA) is 91.4 Å². The zero-order valence-electron chi connectivity index (χ0n) is 11.2. The van der Waals surface area contributed by atoms with E-state index in [1.54, 1.807) is 24.3 Å². The maximum Gasteiger partial charge on any atom is 0.198 e. The Morgan fingerprint density at radius 3 is 2.29 bits per heavy atom. The van der Waals surface area contributed by atoms with Crippen LogP contribution in [0, 0.1) is 10.7 Å². The van der Waals surface area contributed by atoms with E-state index in [0.717, 1.165) is 5.56 Å². The predicted molar refractivity (Wildman–Crippen MR) is 71.4 cm³/mol. The summed E-state index contributed by atoms with van der Waals surface area (Å²) in [6.07, 6.45) is 0. The smallest absolute Gasteiger partial charge is 0.198 e. The van der Waals surface area contributed by atoms with E-state index >= 15 is 0 Å². The number of benzene rings is 2. The van der Waals surface area contributed by atoms with Crippen LogP contribution in [0.25, 0.3) is 11.1 Å².